The van der Waals surface area contributed by atoms with Gasteiger partial charge in [-0.2, -0.15) is 4.98 Å². The average molecular weight is 447 g/mol. The highest BCUT2D eigenvalue weighted by Crippen LogP contribution is 2.36. The molecule has 0 aliphatic carbocycles. The third kappa shape index (κ3) is 5.92. The van der Waals surface area contributed by atoms with Gasteiger partial charge in [-0.05, 0) is 30.7 Å². The Morgan fingerprint density at radius 1 is 1.29 bits per heavy atom. The van der Waals surface area contributed by atoms with Crippen LogP contribution in [-0.4, -0.2) is 47.3 Å². The summed E-state index contributed by atoms with van der Waals surface area (Å²) in [7, 11) is 1.38. The number of aryl methyl sites for hydroxylation is 1. The topological polar surface area (TPSA) is 140 Å². The summed E-state index contributed by atoms with van der Waals surface area (Å²) in [6.45, 7) is -0.249. The van der Waals surface area contributed by atoms with Crippen LogP contribution in [0.25, 0.3) is 11.4 Å². The number of ether oxygens (including phenoxy) is 3. The van der Waals surface area contributed by atoms with Crippen molar-refractivity contribution in [3.8, 4) is 22.9 Å². The maximum Gasteiger partial charge on any atom is 0.338 e. The molecule has 1 aromatic carbocycles. The monoisotopic (exact) mass is 446 g/mol. The van der Waals surface area contributed by atoms with E-state index in [2.05, 4.69) is 15.1 Å². The first-order chi connectivity index (χ1) is 15.0. The summed E-state index contributed by atoms with van der Waals surface area (Å²) in [5.41, 5.74) is 5.98. The van der Waals surface area contributed by atoms with E-state index in [0.717, 1.165) is 5.56 Å². The number of rotatable bonds is 10. The minimum Gasteiger partial charge on any atom is -0.493 e. The van der Waals surface area contributed by atoms with E-state index >= 15 is 0 Å². The van der Waals surface area contributed by atoms with Crippen molar-refractivity contribution in [1.82, 2.24) is 15.1 Å². The number of benzene rings is 1. The molecule has 0 saturated carbocycles. The van der Waals surface area contributed by atoms with Crippen LogP contribution in [0, 0.1) is 0 Å². The van der Waals surface area contributed by atoms with Crippen LogP contribution in [0.2, 0.25) is 5.02 Å². The molecule has 3 rings (SSSR count). The summed E-state index contributed by atoms with van der Waals surface area (Å²) in [5, 5.41) is 3.99. The molecule has 0 spiro atoms. The van der Waals surface area contributed by atoms with Crippen molar-refractivity contribution in [2.45, 2.75) is 12.8 Å². The van der Waals surface area contributed by atoms with Crippen molar-refractivity contribution in [3.63, 3.8) is 0 Å². The van der Waals surface area contributed by atoms with Gasteiger partial charge in [0.15, 0.2) is 18.1 Å². The van der Waals surface area contributed by atoms with E-state index in [1.54, 1.807) is 18.5 Å². The smallest absolute Gasteiger partial charge is 0.338 e. The molecule has 2 aromatic heterocycles. The molecule has 0 fully saturated rings. The highest BCUT2D eigenvalue weighted by atomic mass is 35.5. The number of carbonyl (C=O) groups excluding carboxylic acids is 2. The third-order valence-electron chi connectivity index (χ3n) is 3.98. The Morgan fingerprint density at radius 3 is 2.84 bits per heavy atom. The first kappa shape index (κ1) is 22.0. The second-order valence-corrected chi connectivity index (χ2v) is 6.64. The lowest BCUT2D eigenvalue weighted by Crippen LogP contribution is -2.20. The summed E-state index contributed by atoms with van der Waals surface area (Å²) in [5.74, 6) is -0.107. The second-order valence-electron chi connectivity index (χ2n) is 6.24. The summed E-state index contributed by atoms with van der Waals surface area (Å²) < 4.78 is 20.9. The van der Waals surface area contributed by atoms with Gasteiger partial charge in [0, 0.05) is 24.4 Å². The van der Waals surface area contributed by atoms with Crippen molar-refractivity contribution in [2.24, 2.45) is 5.73 Å². The lowest BCUT2D eigenvalue weighted by Gasteiger charge is -2.13. The number of aromatic nitrogens is 3. The number of nitrogens with zero attached hydrogens (tertiary/aromatic N) is 3. The summed E-state index contributed by atoms with van der Waals surface area (Å²) in [6, 6.07) is 6.37. The molecule has 0 aliphatic heterocycles. The Morgan fingerprint density at radius 2 is 2.13 bits per heavy atom. The van der Waals surface area contributed by atoms with E-state index in [1.807, 2.05) is 6.07 Å². The van der Waals surface area contributed by atoms with Crippen LogP contribution >= 0.6 is 11.6 Å². The van der Waals surface area contributed by atoms with Crippen LogP contribution in [0.15, 0.2) is 41.2 Å². The molecule has 11 heteroatoms. The number of halogens is 1. The molecule has 0 radical (unpaired) electrons. The Hall–Kier alpha value is -3.66. The number of amides is 1. The molecular weight excluding hydrogens is 428 g/mol. The maximum atomic E-state index is 12.3. The highest BCUT2D eigenvalue weighted by Gasteiger charge is 2.18. The number of primary amides is 1. The van der Waals surface area contributed by atoms with Crippen LogP contribution in [0.4, 0.5) is 0 Å². The molecule has 31 heavy (non-hydrogen) atoms. The van der Waals surface area contributed by atoms with Crippen molar-refractivity contribution in [1.29, 1.82) is 0 Å². The first-order valence-electron chi connectivity index (χ1n) is 9.16. The zero-order chi connectivity index (χ0) is 22.2. The molecule has 162 valence electrons. The Kier molecular flexibility index (Phi) is 7.39. The van der Waals surface area contributed by atoms with Crippen LogP contribution in [0.3, 0.4) is 0 Å². The van der Waals surface area contributed by atoms with E-state index in [-0.39, 0.29) is 35.3 Å². The molecule has 1 amide bonds. The largest absolute Gasteiger partial charge is 0.493 e. The lowest BCUT2D eigenvalue weighted by atomic mass is 10.2. The van der Waals surface area contributed by atoms with Gasteiger partial charge in [-0.1, -0.05) is 16.8 Å². The number of pyridine rings is 1. The quantitative estimate of drug-likeness (QED) is 0.367. The standard InChI is InChI=1S/C20H19ClN4O6/c1-28-15-9-13(8-14(21)18(15)30-11-16(22)26)20(27)29-7-3-5-17-24-19(25-31-17)12-4-2-6-23-10-12/h2,4,6,8-10H,3,5,7,11H2,1H3,(H2,22,26). The third-order valence-corrected chi connectivity index (χ3v) is 4.26. The van der Waals surface area contributed by atoms with E-state index in [9.17, 15) is 9.59 Å². The number of hydrogen-bond donors (Lipinski definition) is 1. The molecule has 0 aliphatic rings. The highest BCUT2D eigenvalue weighted by molar-refractivity contribution is 6.32. The van der Waals surface area contributed by atoms with E-state index in [4.69, 9.17) is 36.1 Å². The predicted octanol–water partition coefficient (Wildman–Crippen LogP) is 2.45. The van der Waals surface area contributed by atoms with Crippen LogP contribution in [-0.2, 0) is 16.0 Å². The van der Waals surface area contributed by atoms with Gasteiger partial charge in [0.1, 0.15) is 0 Å². The molecule has 2 N–H and O–H groups in total. The number of carbonyl (C=O) groups is 2. The molecular formula is C20H19ClN4O6. The van der Waals surface area contributed by atoms with E-state index in [0.29, 0.717) is 24.6 Å². The molecule has 10 nitrogen and oxygen atoms in total. The van der Waals surface area contributed by atoms with Crippen molar-refractivity contribution in [3.05, 3.63) is 53.1 Å². The van der Waals surface area contributed by atoms with Crippen LogP contribution < -0.4 is 15.2 Å². The summed E-state index contributed by atoms with van der Waals surface area (Å²) in [4.78, 5) is 31.5. The molecule has 0 atom stereocenters. The molecule has 0 bridgehead atoms. The Balaban J connectivity index is 1.53. The van der Waals surface area contributed by atoms with Gasteiger partial charge in [-0.15, -0.1) is 0 Å². The van der Waals surface area contributed by atoms with Gasteiger partial charge in [0.25, 0.3) is 5.91 Å². The van der Waals surface area contributed by atoms with Gasteiger partial charge in [0.2, 0.25) is 11.7 Å². The van der Waals surface area contributed by atoms with Crippen LogP contribution in [0.5, 0.6) is 11.5 Å². The van der Waals surface area contributed by atoms with Gasteiger partial charge in [-0.25, -0.2) is 4.79 Å². The molecule has 3 aromatic rings. The SMILES string of the molecule is COc1cc(C(=O)OCCCc2nc(-c3cccnc3)no2)cc(Cl)c1OCC(N)=O. The Labute approximate surface area is 182 Å². The molecule has 2 heterocycles. The molecule has 0 unspecified atom stereocenters. The number of esters is 1. The second kappa shape index (κ2) is 10.4. The van der Waals surface area contributed by atoms with E-state index < -0.39 is 11.9 Å². The predicted molar refractivity (Wildman–Crippen MR) is 109 cm³/mol. The minimum atomic E-state index is -0.671. The van der Waals surface area contributed by atoms with Gasteiger partial charge in [-0.3, -0.25) is 9.78 Å². The van der Waals surface area contributed by atoms with Crippen LogP contribution in [0.1, 0.15) is 22.7 Å². The lowest BCUT2D eigenvalue weighted by molar-refractivity contribution is -0.119. The first-order valence-corrected chi connectivity index (χ1v) is 9.54. The summed E-state index contributed by atoms with van der Waals surface area (Å²) in [6.07, 6.45) is 4.21. The van der Waals surface area contributed by atoms with Crippen molar-refractivity contribution >= 4 is 23.5 Å². The fourth-order valence-electron chi connectivity index (χ4n) is 2.56. The number of methoxy groups -OCH3 is 1. The maximum absolute atomic E-state index is 12.3. The fraction of sp³-hybridized carbons (Fsp3) is 0.250. The normalized spacial score (nSPS) is 10.5. The zero-order valence-corrected chi connectivity index (χ0v) is 17.3. The molecule has 0 saturated heterocycles. The van der Waals surface area contributed by atoms with Gasteiger partial charge >= 0.3 is 5.97 Å². The number of hydrogen-bond acceptors (Lipinski definition) is 9. The Bertz CT molecular complexity index is 1060. The minimum absolute atomic E-state index is 0.0846. The van der Waals surface area contributed by atoms with Crippen molar-refractivity contribution < 1.29 is 28.3 Å². The fourth-order valence-corrected chi connectivity index (χ4v) is 2.83. The van der Waals surface area contributed by atoms with E-state index in [1.165, 1.54) is 19.2 Å². The summed E-state index contributed by atoms with van der Waals surface area (Å²) >= 11 is 6.14. The van der Waals surface area contributed by atoms with Gasteiger partial charge in [0.05, 0.1) is 24.3 Å². The average Bonchev–Trinajstić information content (AvgIpc) is 3.24. The van der Waals surface area contributed by atoms with Gasteiger partial charge < -0.3 is 24.5 Å². The zero-order valence-electron chi connectivity index (χ0n) is 16.5. The number of nitrogens with two attached hydrogens (primary N) is 1. The van der Waals surface area contributed by atoms with Crippen molar-refractivity contribution in [2.75, 3.05) is 20.3 Å².